The highest BCUT2D eigenvalue weighted by atomic mass is 16.3. The molecule has 1 aromatic heterocycles. The van der Waals surface area contributed by atoms with Crippen LogP contribution in [-0.2, 0) is 6.54 Å². The molecule has 0 fully saturated rings. The van der Waals surface area contributed by atoms with Gasteiger partial charge < -0.3 is 10.4 Å². The fourth-order valence-electron chi connectivity index (χ4n) is 1.57. The van der Waals surface area contributed by atoms with E-state index in [0.29, 0.717) is 0 Å². The summed E-state index contributed by atoms with van der Waals surface area (Å²) in [6.45, 7) is 1.82. The number of hydrogen-bond acceptors (Lipinski definition) is 3. The number of hydrogen-bond donors (Lipinski definition) is 3. The number of rotatable bonds is 5. The van der Waals surface area contributed by atoms with Crippen molar-refractivity contribution in [2.45, 2.75) is 13.0 Å². The highest BCUT2D eigenvalue weighted by Gasteiger charge is 2.02. The van der Waals surface area contributed by atoms with Crippen LogP contribution in [0, 0.1) is 0 Å². The summed E-state index contributed by atoms with van der Waals surface area (Å²) in [5.74, 6) is 0. The minimum Gasteiger partial charge on any atom is -0.396 e. The number of benzene rings is 1. The molecule has 0 radical (unpaired) electrons. The Morgan fingerprint density at radius 1 is 1.33 bits per heavy atom. The number of fused-ring (bicyclic) bond motifs is 1. The van der Waals surface area contributed by atoms with Gasteiger partial charge in [0.1, 0.15) is 0 Å². The Bertz CT molecular complexity index is 424. The van der Waals surface area contributed by atoms with Gasteiger partial charge in [-0.2, -0.15) is 5.10 Å². The first-order valence-electron chi connectivity index (χ1n) is 5.15. The molecule has 0 unspecified atom stereocenters. The van der Waals surface area contributed by atoms with Crippen molar-refractivity contribution < 1.29 is 5.11 Å². The quantitative estimate of drug-likeness (QED) is 0.639. The molecule has 2 aromatic rings. The maximum absolute atomic E-state index is 8.64. The molecule has 0 spiro atoms. The zero-order valence-electron chi connectivity index (χ0n) is 8.53. The number of nitrogens with zero attached hydrogens (tertiary/aromatic N) is 1. The van der Waals surface area contributed by atoms with Gasteiger partial charge in [-0.25, -0.2) is 0 Å². The number of aliphatic hydroxyl groups excluding tert-OH is 1. The Morgan fingerprint density at radius 2 is 2.20 bits per heavy atom. The van der Waals surface area contributed by atoms with E-state index >= 15 is 0 Å². The van der Waals surface area contributed by atoms with Gasteiger partial charge >= 0.3 is 0 Å². The van der Waals surface area contributed by atoms with Gasteiger partial charge in [0.15, 0.2) is 0 Å². The first kappa shape index (κ1) is 10.1. The molecule has 0 saturated carbocycles. The third kappa shape index (κ3) is 2.34. The number of aromatic amines is 1. The lowest BCUT2D eigenvalue weighted by Crippen LogP contribution is -2.16. The molecular formula is C11H15N3O. The van der Waals surface area contributed by atoms with Crippen LogP contribution in [0.15, 0.2) is 24.3 Å². The Morgan fingerprint density at radius 3 is 3.07 bits per heavy atom. The van der Waals surface area contributed by atoms with Gasteiger partial charge in [0.2, 0.25) is 0 Å². The molecule has 0 aliphatic heterocycles. The summed E-state index contributed by atoms with van der Waals surface area (Å²) in [6, 6.07) is 8.03. The summed E-state index contributed by atoms with van der Waals surface area (Å²) in [5.41, 5.74) is 2.10. The van der Waals surface area contributed by atoms with Crippen LogP contribution in [0.5, 0.6) is 0 Å². The topological polar surface area (TPSA) is 60.9 Å². The van der Waals surface area contributed by atoms with E-state index in [9.17, 15) is 0 Å². The van der Waals surface area contributed by atoms with Crippen LogP contribution in [0.25, 0.3) is 10.9 Å². The normalized spacial score (nSPS) is 11.0. The molecule has 0 saturated heterocycles. The number of H-pyrrole nitrogens is 1. The van der Waals surface area contributed by atoms with Crippen LogP contribution in [0.2, 0.25) is 0 Å². The van der Waals surface area contributed by atoms with E-state index in [4.69, 9.17) is 5.11 Å². The van der Waals surface area contributed by atoms with Crippen molar-refractivity contribution in [1.29, 1.82) is 0 Å². The molecule has 0 amide bonds. The van der Waals surface area contributed by atoms with Crippen molar-refractivity contribution >= 4 is 10.9 Å². The van der Waals surface area contributed by atoms with Gasteiger partial charge in [-0.05, 0) is 19.0 Å². The minimum absolute atomic E-state index is 0.233. The Kier molecular flexibility index (Phi) is 3.32. The summed E-state index contributed by atoms with van der Waals surface area (Å²) >= 11 is 0. The Labute approximate surface area is 88.3 Å². The fourth-order valence-corrected chi connectivity index (χ4v) is 1.57. The molecule has 0 bridgehead atoms. The molecule has 0 aliphatic carbocycles. The molecule has 1 heterocycles. The second-order valence-electron chi connectivity index (χ2n) is 3.47. The molecular weight excluding hydrogens is 190 g/mol. The Hall–Kier alpha value is -1.39. The second kappa shape index (κ2) is 4.91. The van der Waals surface area contributed by atoms with Crippen LogP contribution < -0.4 is 5.32 Å². The lowest BCUT2D eigenvalue weighted by Gasteiger charge is -2.01. The molecule has 4 nitrogen and oxygen atoms in total. The highest BCUT2D eigenvalue weighted by Crippen LogP contribution is 2.14. The van der Waals surface area contributed by atoms with Gasteiger partial charge in [-0.1, -0.05) is 18.2 Å². The van der Waals surface area contributed by atoms with E-state index in [2.05, 4.69) is 21.6 Å². The van der Waals surface area contributed by atoms with Crippen molar-refractivity contribution in [2.75, 3.05) is 13.2 Å². The van der Waals surface area contributed by atoms with E-state index in [-0.39, 0.29) is 6.61 Å². The zero-order valence-corrected chi connectivity index (χ0v) is 8.53. The van der Waals surface area contributed by atoms with Gasteiger partial charge in [0.05, 0.1) is 11.2 Å². The van der Waals surface area contributed by atoms with Crippen LogP contribution >= 0.6 is 0 Å². The molecule has 15 heavy (non-hydrogen) atoms. The van der Waals surface area contributed by atoms with E-state index in [1.54, 1.807) is 0 Å². The number of para-hydroxylation sites is 1. The van der Waals surface area contributed by atoms with Crippen molar-refractivity contribution in [1.82, 2.24) is 15.5 Å². The van der Waals surface area contributed by atoms with Crippen LogP contribution in [-0.4, -0.2) is 28.5 Å². The smallest absolute Gasteiger partial charge is 0.0924 e. The van der Waals surface area contributed by atoms with Crippen molar-refractivity contribution in [3.05, 3.63) is 30.0 Å². The largest absolute Gasteiger partial charge is 0.396 e. The summed E-state index contributed by atoms with van der Waals surface area (Å²) in [5, 5.41) is 20.3. The van der Waals surface area contributed by atoms with Crippen LogP contribution in [0.1, 0.15) is 12.1 Å². The van der Waals surface area contributed by atoms with Gasteiger partial charge in [0.25, 0.3) is 0 Å². The monoisotopic (exact) mass is 205 g/mol. The van der Waals surface area contributed by atoms with E-state index in [0.717, 1.165) is 36.1 Å². The standard InChI is InChI=1S/C11H15N3O/c15-7-3-6-12-8-11-9-4-1-2-5-10(9)13-14-11/h1-2,4-5,12,15H,3,6-8H2,(H,13,14). The highest BCUT2D eigenvalue weighted by molar-refractivity contribution is 5.80. The lowest BCUT2D eigenvalue weighted by atomic mass is 10.2. The first-order chi connectivity index (χ1) is 7.42. The molecule has 3 N–H and O–H groups in total. The third-order valence-electron chi connectivity index (χ3n) is 2.35. The predicted molar refractivity (Wildman–Crippen MR) is 59.5 cm³/mol. The first-order valence-corrected chi connectivity index (χ1v) is 5.15. The van der Waals surface area contributed by atoms with Gasteiger partial charge in [-0.3, -0.25) is 5.10 Å². The van der Waals surface area contributed by atoms with Crippen LogP contribution in [0.3, 0.4) is 0 Å². The maximum atomic E-state index is 8.64. The summed E-state index contributed by atoms with van der Waals surface area (Å²) in [7, 11) is 0. The maximum Gasteiger partial charge on any atom is 0.0924 e. The number of aromatic nitrogens is 2. The van der Waals surface area contributed by atoms with Gasteiger partial charge in [-0.15, -0.1) is 0 Å². The van der Waals surface area contributed by atoms with E-state index < -0.39 is 0 Å². The molecule has 80 valence electrons. The van der Waals surface area contributed by atoms with Crippen molar-refractivity contribution in [3.63, 3.8) is 0 Å². The predicted octanol–water partition coefficient (Wildman–Crippen LogP) is 1.03. The van der Waals surface area contributed by atoms with Crippen molar-refractivity contribution in [2.24, 2.45) is 0 Å². The number of nitrogens with one attached hydrogen (secondary N) is 2. The molecule has 4 heteroatoms. The average molecular weight is 205 g/mol. The molecule has 0 aliphatic rings. The minimum atomic E-state index is 0.233. The lowest BCUT2D eigenvalue weighted by molar-refractivity contribution is 0.286. The second-order valence-corrected chi connectivity index (χ2v) is 3.47. The molecule has 0 atom stereocenters. The average Bonchev–Trinajstić information content (AvgIpc) is 2.68. The zero-order chi connectivity index (χ0) is 10.5. The van der Waals surface area contributed by atoms with Gasteiger partial charge in [0, 0.05) is 18.5 Å². The molecule has 2 rings (SSSR count). The third-order valence-corrected chi connectivity index (χ3v) is 2.35. The molecule has 1 aromatic carbocycles. The van der Waals surface area contributed by atoms with Crippen molar-refractivity contribution in [3.8, 4) is 0 Å². The van der Waals surface area contributed by atoms with E-state index in [1.165, 1.54) is 0 Å². The SMILES string of the molecule is OCCCNCc1[nH]nc2ccccc12. The van der Waals surface area contributed by atoms with Crippen LogP contribution in [0.4, 0.5) is 0 Å². The van der Waals surface area contributed by atoms with E-state index in [1.807, 2.05) is 18.2 Å². The summed E-state index contributed by atoms with van der Waals surface area (Å²) in [4.78, 5) is 0. The summed E-state index contributed by atoms with van der Waals surface area (Å²) < 4.78 is 0. The number of aliphatic hydroxyl groups is 1. The summed E-state index contributed by atoms with van der Waals surface area (Å²) in [6.07, 6.45) is 0.784. The Balaban J connectivity index is 2.02. The fraction of sp³-hybridized carbons (Fsp3) is 0.364.